The number of amides is 1. The van der Waals surface area contributed by atoms with E-state index in [0.717, 1.165) is 35.1 Å². The molecule has 0 saturated carbocycles. The lowest BCUT2D eigenvalue weighted by atomic mass is 10.2. The third-order valence-corrected chi connectivity index (χ3v) is 6.07. The topological polar surface area (TPSA) is 51.3 Å². The van der Waals surface area contributed by atoms with Gasteiger partial charge in [0.15, 0.2) is 5.82 Å². The van der Waals surface area contributed by atoms with Crippen LogP contribution in [0.2, 0.25) is 0 Å². The summed E-state index contributed by atoms with van der Waals surface area (Å²) < 4.78 is 5.63. The molecule has 1 aromatic heterocycles. The van der Waals surface area contributed by atoms with Crippen LogP contribution in [0.1, 0.15) is 0 Å². The van der Waals surface area contributed by atoms with Gasteiger partial charge in [-0.1, -0.05) is 23.9 Å². The molecule has 2 aliphatic heterocycles. The number of nitrogens with zero attached hydrogens (tertiary/aromatic N) is 2. The fraction of sp³-hybridized carbons (Fsp3) is 0.368. The third-order valence-electron chi connectivity index (χ3n) is 4.96. The number of rotatable bonds is 3. The number of carbonyl (C=O) groups excluding carboxylic acids is 1. The van der Waals surface area contributed by atoms with Crippen molar-refractivity contribution in [2.75, 3.05) is 51.3 Å². The summed E-state index contributed by atoms with van der Waals surface area (Å²) >= 11 is 1.63. The van der Waals surface area contributed by atoms with Gasteiger partial charge < -0.3 is 39.4 Å². The van der Waals surface area contributed by atoms with Gasteiger partial charge in [-0.05, 0) is 24.3 Å². The van der Waals surface area contributed by atoms with Crippen molar-refractivity contribution >= 4 is 29.4 Å². The van der Waals surface area contributed by atoms with Crippen LogP contribution in [0.4, 0.5) is 16.3 Å². The van der Waals surface area contributed by atoms with Gasteiger partial charge >= 0.3 is 6.09 Å². The number of aromatic nitrogens is 1. The highest BCUT2D eigenvalue weighted by Gasteiger charge is 2.30. The number of carbonyl (C=O) groups is 1. The van der Waals surface area contributed by atoms with E-state index in [4.69, 9.17) is 4.74 Å². The Morgan fingerprint density at radius 2 is 1.82 bits per heavy atom. The van der Waals surface area contributed by atoms with E-state index in [0.29, 0.717) is 12.4 Å². The quantitative estimate of drug-likeness (QED) is 0.497. The molecule has 4 rings (SSSR count). The molecule has 6 nitrogen and oxygen atoms in total. The Morgan fingerprint density at radius 3 is 2.61 bits per heavy atom. The van der Waals surface area contributed by atoms with E-state index < -0.39 is 0 Å². The minimum atomic E-state index is -0.350. The number of likely N-dealkylation sites (N-methyl/N-ethyl adjacent to an activating group) is 1. The van der Waals surface area contributed by atoms with Gasteiger partial charge in [0.2, 0.25) is 0 Å². The van der Waals surface area contributed by atoms with Gasteiger partial charge in [0.05, 0.1) is 17.6 Å². The summed E-state index contributed by atoms with van der Waals surface area (Å²) in [6.45, 7) is 5.92. The lowest BCUT2D eigenvalue weighted by molar-refractivity contribution is -1.00. The average molecular weight is 443 g/mol. The lowest BCUT2D eigenvalue weighted by Crippen LogP contribution is -3.27. The van der Waals surface area contributed by atoms with E-state index in [2.05, 4.69) is 12.0 Å². The van der Waals surface area contributed by atoms with Crippen LogP contribution in [0.25, 0.3) is 0 Å². The van der Waals surface area contributed by atoms with Gasteiger partial charge in [0.25, 0.3) is 0 Å². The van der Waals surface area contributed by atoms with Gasteiger partial charge in [-0.15, -0.1) is 0 Å². The molecule has 0 unspecified atom stereocenters. The third kappa shape index (κ3) is 4.90. The zero-order valence-corrected chi connectivity index (χ0v) is 18.0. The predicted octanol–water partition coefficient (Wildman–Crippen LogP) is -5.76. The summed E-state index contributed by atoms with van der Waals surface area (Å²) in [4.78, 5) is 24.0. The summed E-state index contributed by atoms with van der Waals surface area (Å²) in [6.07, 6.45) is 1.36. The van der Waals surface area contributed by atoms with Crippen LogP contribution in [0.5, 0.6) is 0 Å². The van der Waals surface area contributed by atoms with E-state index in [9.17, 15) is 4.79 Å². The molecular weight excluding hydrogens is 419 g/mol. The number of benzene rings is 1. The summed E-state index contributed by atoms with van der Waals surface area (Å²) in [5.74, 6) is 0.650. The van der Waals surface area contributed by atoms with E-state index in [1.54, 1.807) is 27.8 Å². The highest BCUT2D eigenvalue weighted by Crippen LogP contribution is 2.46. The van der Waals surface area contributed by atoms with Crippen LogP contribution in [0, 0.1) is 0 Å². The minimum Gasteiger partial charge on any atom is -1.00 e. The second kappa shape index (κ2) is 10.3. The molecule has 9 heteroatoms. The number of hydrogen-bond acceptors (Lipinski definition) is 4. The maximum absolute atomic E-state index is 12.9. The van der Waals surface area contributed by atoms with Gasteiger partial charge in [-0.3, -0.25) is 0 Å². The SMILES string of the molecule is C[NH+]1CC[NH+](CCOC(=O)N2c3ccccc3Sc3cccnc32)CC1.[Cl-].[Cl-]. The Kier molecular flexibility index (Phi) is 8.39. The molecule has 0 radical (unpaired) electrons. The normalized spacial score (nSPS) is 20.1. The fourth-order valence-corrected chi connectivity index (χ4v) is 4.43. The number of quaternary nitrogens is 2. The minimum absolute atomic E-state index is 0. The molecule has 0 aliphatic carbocycles. The second-order valence-corrected chi connectivity index (χ2v) is 7.89. The number of pyridine rings is 1. The van der Waals surface area contributed by atoms with Crippen LogP contribution in [-0.4, -0.2) is 57.5 Å². The molecule has 3 heterocycles. The smallest absolute Gasteiger partial charge is 0.420 e. The standard InChI is InChI=1S/C19H22N4O2S.2ClH/c1-21-9-11-22(12-10-21)13-14-25-19(24)23-15-5-2-3-6-16(15)26-17-7-4-8-20-18(17)23;;/h2-8H,9-14H2,1H3;2*1H. The summed E-state index contributed by atoms with van der Waals surface area (Å²) in [7, 11) is 2.23. The lowest BCUT2D eigenvalue weighted by Gasteiger charge is -2.30. The van der Waals surface area contributed by atoms with Crippen molar-refractivity contribution in [1.29, 1.82) is 0 Å². The van der Waals surface area contributed by atoms with E-state index in [1.165, 1.54) is 18.0 Å². The van der Waals surface area contributed by atoms with Crippen LogP contribution in [0.15, 0.2) is 52.4 Å². The summed E-state index contributed by atoms with van der Waals surface area (Å²) in [5.41, 5.74) is 0.837. The monoisotopic (exact) mass is 442 g/mol. The first-order valence-corrected chi connectivity index (χ1v) is 9.87. The van der Waals surface area contributed by atoms with E-state index in [-0.39, 0.29) is 30.9 Å². The molecule has 0 spiro atoms. The van der Waals surface area contributed by atoms with E-state index in [1.807, 2.05) is 36.4 Å². The molecule has 0 bridgehead atoms. The number of piperazine rings is 1. The van der Waals surface area contributed by atoms with Crippen molar-refractivity contribution in [3.05, 3.63) is 42.6 Å². The summed E-state index contributed by atoms with van der Waals surface area (Å²) in [6, 6.07) is 11.8. The predicted molar refractivity (Wildman–Crippen MR) is 100 cm³/mol. The number of ether oxygens (including phenoxy) is 1. The number of nitrogens with one attached hydrogen (secondary N) is 2. The van der Waals surface area contributed by atoms with Crippen LogP contribution in [0.3, 0.4) is 0 Å². The number of para-hydroxylation sites is 1. The second-order valence-electron chi connectivity index (χ2n) is 6.80. The number of hydrogen-bond donors (Lipinski definition) is 2. The Balaban J connectivity index is 0.00000140. The van der Waals surface area contributed by atoms with Crippen molar-refractivity contribution < 1.29 is 44.1 Å². The van der Waals surface area contributed by atoms with Crippen molar-refractivity contribution in [2.24, 2.45) is 0 Å². The first kappa shape index (κ1) is 22.8. The molecule has 1 fully saturated rings. The maximum atomic E-state index is 12.9. The molecule has 1 saturated heterocycles. The summed E-state index contributed by atoms with van der Waals surface area (Å²) in [5, 5.41) is 0. The van der Waals surface area contributed by atoms with Crippen LogP contribution >= 0.6 is 11.8 Å². The molecule has 0 atom stereocenters. The Labute approximate surface area is 182 Å². The Bertz CT molecular complexity index is 758. The molecule has 2 N–H and O–H groups in total. The van der Waals surface area contributed by atoms with E-state index >= 15 is 0 Å². The van der Waals surface area contributed by atoms with Gasteiger partial charge in [0.1, 0.15) is 39.3 Å². The zero-order valence-electron chi connectivity index (χ0n) is 15.7. The molecule has 28 heavy (non-hydrogen) atoms. The maximum Gasteiger partial charge on any atom is 0.420 e. The molecule has 1 aromatic carbocycles. The Hall–Kier alpha value is -1.51. The molecule has 2 aromatic rings. The first-order chi connectivity index (χ1) is 12.7. The van der Waals surface area contributed by atoms with Gasteiger partial charge in [-0.25, -0.2) is 14.7 Å². The number of anilines is 2. The van der Waals surface area contributed by atoms with Crippen molar-refractivity contribution in [3.8, 4) is 0 Å². The van der Waals surface area contributed by atoms with Crippen molar-refractivity contribution in [1.82, 2.24) is 4.98 Å². The first-order valence-electron chi connectivity index (χ1n) is 9.06. The zero-order chi connectivity index (χ0) is 17.9. The fourth-order valence-electron chi connectivity index (χ4n) is 3.40. The van der Waals surface area contributed by atoms with Gasteiger partial charge in [-0.2, -0.15) is 0 Å². The molecule has 1 amide bonds. The van der Waals surface area contributed by atoms with Crippen molar-refractivity contribution in [3.63, 3.8) is 0 Å². The Morgan fingerprint density at radius 1 is 1.11 bits per heavy atom. The van der Waals surface area contributed by atoms with Crippen LogP contribution < -0.4 is 39.5 Å². The van der Waals surface area contributed by atoms with Gasteiger partial charge in [0, 0.05) is 11.1 Å². The molecule has 2 aliphatic rings. The highest BCUT2D eigenvalue weighted by molar-refractivity contribution is 7.99. The average Bonchev–Trinajstić information content (AvgIpc) is 2.67. The molecular formula is C19H24Cl2N4O2S. The highest BCUT2D eigenvalue weighted by atomic mass is 35.5. The number of fused-ring (bicyclic) bond motifs is 2. The van der Waals surface area contributed by atoms with Crippen molar-refractivity contribution in [2.45, 2.75) is 9.79 Å². The molecule has 152 valence electrons. The number of halogens is 2. The largest absolute Gasteiger partial charge is 1.00 e. The van der Waals surface area contributed by atoms with Crippen LogP contribution in [-0.2, 0) is 4.74 Å².